The second-order valence-corrected chi connectivity index (χ2v) is 5.27. The van der Waals surface area contributed by atoms with E-state index in [4.69, 9.17) is 4.74 Å². The van der Waals surface area contributed by atoms with Gasteiger partial charge in [-0.3, -0.25) is 10.1 Å². The number of hydrogen-bond acceptors (Lipinski definition) is 6. The molecule has 0 saturated heterocycles. The number of oxime groups is 1. The first kappa shape index (κ1) is 18.7. The Hall–Kier alpha value is -3.68. The molecule has 0 aliphatic carbocycles. The third kappa shape index (κ3) is 4.23. The average molecular weight is 356 g/mol. The third-order valence-electron chi connectivity index (χ3n) is 3.61. The van der Waals surface area contributed by atoms with E-state index in [1.54, 1.807) is 30.3 Å². The number of ether oxygens (including phenoxy) is 1. The molecule has 0 unspecified atom stereocenters. The van der Waals surface area contributed by atoms with E-state index in [9.17, 15) is 25.2 Å². The largest absolute Gasteiger partial charge is 0.503 e. The van der Waals surface area contributed by atoms with Crippen molar-refractivity contribution in [2.75, 3.05) is 7.11 Å². The molecule has 2 aromatic carbocycles. The molecular formula is C18H16N2O6. The lowest BCUT2D eigenvalue weighted by molar-refractivity contribution is -0.384. The van der Waals surface area contributed by atoms with Crippen LogP contribution in [-0.4, -0.2) is 34.0 Å². The van der Waals surface area contributed by atoms with Crippen LogP contribution in [0.25, 0.3) is 5.57 Å². The Balaban J connectivity index is 2.46. The Morgan fingerprint density at radius 2 is 1.92 bits per heavy atom. The van der Waals surface area contributed by atoms with E-state index in [2.05, 4.69) is 5.16 Å². The molecule has 0 heterocycles. The number of non-ortho nitro benzene ring substituents is 1. The Bertz CT molecular complexity index is 889. The van der Waals surface area contributed by atoms with Crippen molar-refractivity contribution in [3.05, 3.63) is 81.6 Å². The van der Waals surface area contributed by atoms with Crippen molar-refractivity contribution in [2.24, 2.45) is 5.16 Å². The minimum atomic E-state index is -1.20. The molecule has 134 valence electrons. The Labute approximate surface area is 148 Å². The van der Waals surface area contributed by atoms with E-state index < -0.39 is 10.9 Å². The van der Waals surface area contributed by atoms with Gasteiger partial charge in [-0.15, -0.1) is 0 Å². The minimum Gasteiger partial charge on any atom is -0.503 e. The number of nitrogens with zero attached hydrogens (tertiary/aromatic N) is 2. The standard InChI is InChI=1S/C18H16N2O6/c1-26-11-16(18(21)22)14-7-2-3-8-15(14)17(19-23)10-12-5-4-6-13(9-12)20(24)25/h2-9,11,23H,10H2,1H3,(H,21,22)/b16-11+,19-17?. The molecule has 0 aliphatic heterocycles. The first-order valence-corrected chi connectivity index (χ1v) is 7.48. The molecule has 8 nitrogen and oxygen atoms in total. The molecule has 0 atom stereocenters. The molecule has 0 bridgehead atoms. The summed E-state index contributed by atoms with van der Waals surface area (Å²) in [6, 6.07) is 12.4. The summed E-state index contributed by atoms with van der Waals surface area (Å²) in [7, 11) is 1.33. The van der Waals surface area contributed by atoms with Gasteiger partial charge in [0, 0.05) is 29.7 Å². The molecule has 0 amide bonds. The Morgan fingerprint density at radius 1 is 1.23 bits per heavy atom. The summed E-state index contributed by atoms with van der Waals surface area (Å²) in [6.07, 6.45) is 1.17. The summed E-state index contributed by atoms with van der Waals surface area (Å²) in [5.41, 5.74) is 1.22. The number of hydrogen-bond donors (Lipinski definition) is 2. The van der Waals surface area contributed by atoms with E-state index in [1.165, 1.54) is 25.3 Å². The maximum absolute atomic E-state index is 11.5. The Morgan fingerprint density at radius 3 is 2.50 bits per heavy atom. The summed E-state index contributed by atoms with van der Waals surface area (Å²) < 4.78 is 4.83. The summed E-state index contributed by atoms with van der Waals surface area (Å²) >= 11 is 0. The molecule has 0 spiro atoms. The van der Waals surface area contributed by atoms with Crippen LogP contribution < -0.4 is 0 Å². The number of nitro groups is 1. The molecule has 0 aliphatic rings. The lowest BCUT2D eigenvalue weighted by Gasteiger charge is -2.12. The lowest BCUT2D eigenvalue weighted by Crippen LogP contribution is -2.11. The zero-order valence-electron chi connectivity index (χ0n) is 13.8. The van der Waals surface area contributed by atoms with Crippen LogP contribution in [0.5, 0.6) is 0 Å². The van der Waals surface area contributed by atoms with E-state index in [0.717, 1.165) is 6.26 Å². The van der Waals surface area contributed by atoms with Crippen molar-refractivity contribution >= 4 is 22.9 Å². The quantitative estimate of drug-likeness (QED) is 0.196. The van der Waals surface area contributed by atoms with Crippen LogP contribution in [0.4, 0.5) is 5.69 Å². The van der Waals surface area contributed by atoms with E-state index in [-0.39, 0.29) is 23.4 Å². The molecule has 0 fully saturated rings. The SMILES string of the molecule is CO/C=C(/C(=O)O)c1ccccc1C(Cc1cccc([N+](=O)[O-])c1)=NO. The maximum Gasteiger partial charge on any atom is 0.339 e. The second kappa shape index (κ2) is 8.43. The van der Waals surface area contributed by atoms with Gasteiger partial charge < -0.3 is 15.1 Å². The lowest BCUT2D eigenvalue weighted by atomic mass is 9.94. The van der Waals surface area contributed by atoms with Crippen molar-refractivity contribution in [2.45, 2.75) is 6.42 Å². The molecule has 2 rings (SSSR count). The number of nitro benzene ring substituents is 1. The number of rotatable bonds is 7. The van der Waals surface area contributed by atoms with E-state index in [1.807, 2.05) is 0 Å². The smallest absolute Gasteiger partial charge is 0.339 e. The van der Waals surface area contributed by atoms with Crippen LogP contribution in [0.3, 0.4) is 0 Å². The molecular weight excluding hydrogens is 340 g/mol. The molecule has 0 aromatic heterocycles. The normalized spacial score (nSPS) is 11.9. The molecule has 2 aromatic rings. The number of methoxy groups -OCH3 is 1. The predicted octanol–water partition coefficient (Wildman–Crippen LogP) is 3.09. The van der Waals surface area contributed by atoms with Gasteiger partial charge in [-0.05, 0) is 5.56 Å². The highest BCUT2D eigenvalue weighted by atomic mass is 16.6. The van der Waals surface area contributed by atoms with Gasteiger partial charge in [0.15, 0.2) is 0 Å². The minimum absolute atomic E-state index is 0.0784. The number of carboxylic acids is 1. The highest BCUT2D eigenvalue weighted by molar-refractivity contribution is 6.19. The van der Waals surface area contributed by atoms with E-state index >= 15 is 0 Å². The number of aliphatic carboxylic acids is 1. The van der Waals surface area contributed by atoms with Crippen molar-refractivity contribution in [1.82, 2.24) is 0 Å². The zero-order chi connectivity index (χ0) is 19.1. The fourth-order valence-electron chi connectivity index (χ4n) is 2.47. The van der Waals surface area contributed by atoms with Gasteiger partial charge >= 0.3 is 5.97 Å². The van der Waals surface area contributed by atoms with Gasteiger partial charge in [-0.2, -0.15) is 0 Å². The van der Waals surface area contributed by atoms with Crippen molar-refractivity contribution in [3.63, 3.8) is 0 Å². The van der Waals surface area contributed by atoms with Gasteiger partial charge in [-0.1, -0.05) is 41.6 Å². The second-order valence-electron chi connectivity index (χ2n) is 5.27. The zero-order valence-corrected chi connectivity index (χ0v) is 13.8. The summed E-state index contributed by atoms with van der Waals surface area (Å²) in [6.45, 7) is 0. The Kier molecular flexibility index (Phi) is 6.05. The number of carboxylic acid groups (broad SMARTS) is 1. The predicted molar refractivity (Wildman–Crippen MR) is 94.2 cm³/mol. The van der Waals surface area contributed by atoms with Crippen molar-refractivity contribution < 1.29 is 24.8 Å². The highest BCUT2D eigenvalue weighted by Gasteiger charge is 2.19. The van der Waals surface area contributed by atoms with Crippen LogP contribution in [-0.2, 0) is 16.0 Å². The highest BCUT2D eigenvalue weighted by Crippen LogP contribution is 2.23. The summed E-state index contributed by atoms with van der Waals surface area (Å²) in [5, 5.41) is 33.0. The number of benzene rings is 2. The van der Waals surface area contributed by atoms with Gasteiger partial charge in [0.2, 0.25) is 0 Å². The topological polar surface area (TPSA) is 122 Å². The van der Waals surface area contributed by atoms with Gasteiger partial charge in [0.1, 0.15) is 5.57 Å². The van der Waals surface area contributed by atoms with Crippen LogP contribution in [0.2, 0.25) is 0 Å². The van der Waals surface area contributed by atoms with Crippen molar-refractivity contribution in [3.8, 4) is 0 Å². The summed E-state index contributed by atoms with van der Waals surface area (Å²) in [4.78, 5) is 21.9. The maximum atomic E-state index is 11.5. The molecule has 8 heteroatoms. The van der Waals surface area contributed by atoms with Crippen LogP contribution >= 0.6 is 0 Å². The van der Waals surface area contributed by atoms with Gasteiger partial charge in [0.05, 0.1) is 24.0 Å². The van der Waals surface area contributed by atoms with Gasteiger partial charge in [-0.25, -0.2) is 4.79 Å². The van der Waals surface area contributed by atoms with Crippen LogP contribution in [0.1, 0.15) is 16.7 Å². The van der Waals surface area contributed by atoms with Crippen molar-refractivity contribution in [1.29, 1.82) is 0 Å². The fraction of sp³-hybridized carbons (Fsp3) is 0.111. The number of carbonyl (C=O) groups is 1. The fourth-order valence-corrected chi connectivity index (χ4v) is 2.47. The molecule has 0 saturated carbocycles. The summed E-state index contributed by atoms with van der Waals surface area (Å²) in [5.74, 6) is -1.20. The molecule has 26 heavy (non-hydrogen) atoms. The van der Waals surface area contributed by atoms with Gasteiger partial charge in [0.25, 0.3) is 5.69 Å². The average Bonchev–Trinajstić information content (AvgIpc) is 2.64. The molecule has 2 N–H and O–H groups in total. The first-order valence-electron chi connectivity index (χ1n) is 7.48. The molecule has 0 radical (unpaired) electrons. The van der Waals surface area contributed by atoms with Crippen LogP contribution in [0.15, 0.2) is 59.9 Å². The van der Waals surface area contributed by atoms with Crippen LogP contribution in [0, 0.1) is 10.1 Å². The van der Waals surface area contributed by atoms with E-state index in [0.29, 0.717) is 16.7 Å². The third-order valence-corrected chi connectivity index (χ3v) is 3.61. The monoisotopic (exact) mass is 356 g/mol. The first-order chi connectivity index (χ1) is 12.5.